The largest absolute Gasteiger partial charge is 0.480 e. The Kier molecular flexibility index (Phi) is 3.24. The second-order valence-corrected chi connectivity index (χ2v) is 3.75. The first kappa shape index (κ1) is 12.1. The SMILES string of the molecule is CC(N)(Cc1ccnc(C(=O)O)c1)C(=O)O. The van der Waals surface area contributed by atoms with Crippen LogP contribution in [0.4, 0.5) is 0 Å². The van der Waals surface area contributed by atoms with Gasteiger partial charge in [0.2, 0.25) is 0 Å². The minimum atomic E-state index is -1.42. The molecule has 0 aromatic carbocycles. The van der Waals surface area contributed by atoms with E-state index in [0.29, 0.717) is 5.56 Å². The van der Waals surface area contributed by atoms with Crippen molar-refractivity contribution in [2.24, 2.45) is 5.73 Å². The minimum Gasteiger partial charge on any atom is -0.480 e. The zero-order chi connectivity index (χ0) is 12.3. The van der Waals surface area contributed by atoms with E-state index in [4.69, 9.17) is 15.9 Å². The van der Waals surface area contributed by atoms with Crippen LogP contribution in [0.25, 0.3) is 0 Å². The molecule has 6 heteroatoms. The van der Waals surface area contributed by atoms with Crippen molar-refractivity contribution in [1.82, 2.24) is 4.98 Å². The molecule has 1 aromatic heterocycles. The van der Waals surface area contributed by atoms with E-state index in [1.807, 2.05) is 0 Å². The summed E-state index contributed by atoms with van der Waals surface area (Å²) in [4.78, 5) is 25.1. The summed E-state index contributed by atoms with van der Waals surface area (Å²) in [5, 5.41) is 17.5. The van der Waals surface area contributed by atoms with Gasteiger partial charge in [0, 0.05) is 12.6 Å². The Morgan fingerprint density at radius 2 is 2.12 bits per heavy atom. The summed E-state index contributed by atoms with van der Waals surface area (Å²) >= 11 is 0. The van der Waals surface area contributed by atoms with Gasteiger partial charge in [0.05, 0.1) is 0 Å². The second-order valence-electron chi connectivity index (χ2n) is 3.75. The van der Waals surface area contributed by atoms with Gasteiger partial charge < -0.3 is 15.9 Å². The van der Waals surface area contributed by atoms with Crippen molar-refractivity contribution < 1.29 is 19.8 Å². The van der Waals surface area contributed by atoms with Gasteiger partial charge in [-0.15, -0.1) is 0 Å². The average Bonchev–Trinajstić information content (AvgIpc) is 2.17. The number of hydrogen-bond acceptors (Lipinski definition) is 4. The first-order valence-corrected chi connectivity index (χ1v) is 4.53. The number of rotatable bonds is 4. The molecule has 4 N–H and O–H groups in total. The molecule has 0 spiro atoms. The Bertz CT molecular complexity index is 429. The summed E-state index contributed by atoms with van der Waals surface area (Å²) in [7, 11) is 0. The lowest BCUT2D eigenvalue weighted by Gasteiger charge is -2.18. The molecule has 0 amide bonds. The number of aromatic nitrogens is 1. The van der Waals surface area contributed by atoms with Gasteiger partial charge in [-0.05, 0) is 24.6 Å². The average molecular weight is 224 g/mol. The smallest absolute Gasteiger partial charge is 0.354 e. The quantitative estimate of drug-likeness (QED) is 0.669. The molecule has 0 aliphatic heterocycles. The molecule has 6 nitrogen and oxygen atoms in total. The maximum absolute atomic E-state index is 10.8. The summed E-state index contributed by atoms with van der Waals surface area (Å²) in [5.74, 6) is -2.29. The molecule has 1 atom stereocenters. The molecule has 1 aromatic rings. The van der Waals surface area contributed by atoms with Crippen LogP contribution in [0.15, 0.2) is 18.3 Å². The van der Waals surface area contributed by atoms with Gasteiger partial charge in [-0.25, -0.2) is 9.78 Å². The Balaban J connectivity index is 2.94. The van der Waals surface area contributed by atoms with Crippen LogP contribution in [0.1, 0.15) is 23.0 Å². The summed E-state index contributed by atoms with van der Waals surface area (Å²) < 4.78 is 0. The molecule has 0 fully saturated rings. The molecule has 0 radical (unpaired) electrons. The van der Waals surface area contributed by atoms with Gasteiger partial charge in [-0.2, -0.15) is 0 Å². The lowest BCUT2D eigenvalue weighted by Crippen LogP contribution is -2.46. The number of carboxylic acids is 2. The number of pyridine rings is 1. The molecule has 0 saturated carbocycles. The van der Waals surface area contributed by atoms with Crippen LogP contribution in [0.5, 0.6) is 0 Å². The Hall–Kier alpha value is -1.95. The van der Waals surface area contributed by atoms with Crippen LogP contribution in [0.3, 0.4) is 0 Å². The summed E-state index contributed by atoms with van der Waals surface area (Å²) in [5.41, 5.74) is 4.53. The Morgan fingerprint density at radius 3 is 2.62 bits per heavy atom. The normalized spacial score (nSPS) is 14.1. The van der Waals surface area contributed by atoms with Crippen LogP contribution in [0, 0.1) is 0 Å². The maximum atomic E-state index is 10.8. The fourth-order valence-electron chi connectivity index (χ4n) is 1.20. The van der Waals surface area contributed by atoms with Crippen molar-refractivity contribution in [2.45, 2.75) is 18.9 Å². The van der Waals surface area contributed by atoms with Crippen LogP contribution in [-0.4, -0.2) is 32.7 Å². The molecule has 0 aliphatic carbocycles. The van der Waals surface area contributed by atoms with E-state index in [1.165, 1.54) is 19.2 Å². The molecule has 16 heavy (non-hydrogen) atoms. The van der Waals surface area contributed by atoms with E-state index < -0.39 is 17.5 Å². The van der Waals surface area contributed by atoms with Gasteiger partial charge in [0.25, 0.3) is 0 Å². The van der Waals surface area contributed by atoms with E-state index in [2.05, 4.69) is 4.98 Å². The van der Waals surface area contributed by atoms with E-state index in [-0.39, 0.29) is 12.1 Å². The molecule has 0 aliphatic rings. The first-order chi connectivity index (χ1) is 7.33. The van der Waals surface area contributed by atoms with Gasteiger partial charge in [0.1, 0.15) is 11.2 Å². The minimum absolute atomic E-state index is 0.0468. The predicted molar refractivity (Wildman–Crippen MR) is 55.1 cm³/mol. The zero-order valence-corrected chi connectivity index (χ0v) is 8.67. The van der Waals surface area contributed by atoms with Gasteiger partial charge in [0.15, 0.2) is 0 Å². The number of carbonyl (C=O) groups is 2. The van der Waals surface area contributed by atoms with E-state index >= 15 is 0 Å². The molecule has 1 heterocycles. The van der Waals surface area contributed by atoms with E-state index in [1.54, 1.807) is 6.07 Å². The number of hydrogen-bond donors (Lipinski definition) is 3. The topological polar surface area (TPSA) is 114 Å². The Labute approximate surface area is 91.7 Å². The number of nitrogens with two attached hydrogens (primary N) is 1. The third-order valence-electron chi connectivity index (χ3n) is 2.10. The monoisotopic (exact) mass is 224 g/mol. The molecular weight excluding hydrogens is 212 g/mol. The highest BCUT2D eigenvalue weighted by atomic mass is 16.4. The fraction of sp³-hybridized carbons (Fsp3) is 0.300. The summed E-state index contributed by atoms with van der Waals surface area (Å²) in [6.07, 6.45) is 1.36. The van der Waals surface area contributed by atoms with Crippen LogP contribution >= 0.6 is 0 Å². The highest BCUT2D eigenvalue weighted by Gasteiger charge is 2.28. The number of nitrogens with zero attached hydrogens (tertiary/aromatic N) is 1. The molecule has 0 bridgehead atoms. The van der Waals surface area contributed by atoms with Gasteiger partial charge >= 0.3 is 11.9 Å². The van der Waals surface area contributed by atoms with E-state index in [0.717, 1.165) is 0 Å². The lowest BCUT2D eigenvalue weighted by atomic mass is 9.94. The Morgan fingerprint density at radius 1 is 1.50 bits per heavy atom. The number of aromatic carboxylic acids is 1. The number of carboxylic acid groups (broad SMARTS) is 2. The highest BCUT2D eigenvalue weighted by Crippen LogP contribution is 2.11. The van der Waals surface area contributed by atoms with Crippen molar-refractivity contribution in [3.8, 4) is 0 Å². The highest BCUT2D eigenvalue weighted by molar-refractivity contribution is 5.85. The molecule has 0 saturated heterocycles. The first-order valence-electron chi connectivity index (χ1n) is 4.53. The van der Waals surface area contributed by atoms with Crippen molar-refractivity contribution in [3.63, 3.8) is 0 Å². The van der Waals surface area contributed by atoms with Crippen LogP contribution in [0.2, 0.25) is 0 Å². The number of aliphatic carboxylic acids is 1. The molecule has 86 valence electrons. The second kappa shape index (κ2) is 4.28. The van der Waals surface area contributed by atoms with Crippen LogP contribution < -0.4 is 5.73 Å². The molecular formula is C10H12N2O4. The van der Waals surface area contributed by atoms with Gasteiger partial charge in [-0.1, -0.05) is 0 Å². The van der Waals surface area contributed by atoms with Crippen molar-refractivity contribution >= 4 is 11.9 Å². The van der Waals surface area contributed by atoms with Crippen molar-refractivity contribution in [3.05, 3.63) is 29.6 Å². The summed E-state index contributed by atoms with van der Waals surface area (Å²) in [6.45, 7) is 1.37. The molecule has 1 rings (SSSR count). The maximum Gasteiger partial charge on any atom is 0.354 e. The lowest BCUT2D eigenvalue weighted by molar-refractivity contribution is -0.142. The fourth-order valence-corrected chi connectivity index (χ4v) is 1.20. The molecule has 1 unspecified atom stereocenters. The predicted octanol–water partition coefficient (Wildman–Crippen LogP) is 0.124. The van der Waals surface area contributed by atoms with Crippen molar-refractivity contribution in [2.75, 3.05) is 0 Å². The van der Waals surface area contributed by atoms with Crippen molar-refractivity contribution in [1.29, 1.82) is 0 Å². The standard InChI is InChI=1S/C10H12N2O4/c1-10(11,9(15)16)5-6-2-3-12-7(4-6)8(13)14/h2-4H,5,11H2,1H3,(H,13,14)(H,15,16). The third-order valence-corrected chi connectivity index (χ3v) is 2.10. The third kappa shape index (κ3) is 2.77. The van der Waals surface area contributed by atoms with Gasteiger partial charge in [-0.3, -0.25) is 4.79 Å². The zero-order valence-electron chi connectivity index (χ0n) is 8.67. The van der Waals surface area contributed by atoms with Crippen LogP contribution in [-0.2, 0) is 11.2 Å². The summed E-state index contributed by atoms with van der Waals surface area (Å²) in [6, 6.07) is 2.86. The van der Waals surface area contributed by atoms with E-state index in [9.17, 15) is 9.59 Å².